The van der Waals surface area contributed by atoms with Gasteiger partial charge in [-0.25, -0.2) is 4.98 Å². The number of carbonyl (C=O) groups is 1. The van der Waals surface area contributed by atoms with E-state index in [1.165, 1.54) is 22.9 Å². The highest BCUT2D eigenvalue weighted by Crippen LogP contribution is 2.30. The van der Waals surface area contributed by atoms with E-state index in [2.05, 4.69) is 15.5 Å². The van der Waals surface area contributed by atoms with Crippen molar-refractivity contribution in [3.05, 3.63) is 83.8 Å². The number of amides is 1. The van der Waals surface area contributed by atoms with Crippen LogP contribution in [0.1, 0.15) is 29.9 Å². The SMILES string of the molecule is Cc1ccc(-c2nnc(SCC(=O)N[C@H](C)c3ccco3)nc2-c2ccc(C)cc2)cc1. The summed E-state index contributed by atoms with van der Waals surface area (Å²) >= 11 is 1.26. The molecule has 32 heavy (non-hydrogen) atoms. The van der Waals surface area contributed by atoms with E-state index >= 15 is 0 Å². The van der Waals surface area contributed by atoms with Crippen LogP contribution in [-0.4, -0.2) is 26.8 Å². The van der Waals surface area contributed by atoms with Crippen molar-refractivity contribution in [3.63, 3.8) is 0 Å². The normalized spacial score (nSPS) is 11.8. The van der Waals surface area contributed by atoms with E-state index in [0.717, 1.165) is 16.8 Å². The summed E-state index contributed by atoms with van der Waals surface area (Å²) in [7, 11) is 0. The van der Waals surface area contributed by atoms with Crippen molar-refractivity contribution in [2.24, 2.45) is 0 Å². The van der Waals surface area contributed by atoms with Gasteiger partial charge in [-0.3, -0.25) is 4.79 Å². The number of furan rings is 1. The zero-order chi connectivity index (χ0) is 22.5. The quantitative estimate of drug-likeness (QED) is 0.385. The van der Waals surface area contributed by atoms with Gasteiger partial charge < -0.3 is 9.73 Å². The van der Waals surface area contributed by atoms with Gasteiger partial charge >= 0.3 is 0 Å². The molecule has 162 valence electrons. The average molecular weight is 445 g/mol. The maximum absolute atomic E-state index is 12.4. The first-order valence-electron chi connectivity index (χ1n) is 10.3. The molecule has 0 aliphatic heterocycles. The lowest BCUT2D eigenvalue weighted by Crippen LogP contribution is -2.28. The Bertz CT molecular complexity index is 1190. The van der Waals surface area contributed by atoms with Crippen molar-refractivity contribution in [3.8, 4) is 22.5 Å². The van der Waals surface area contributed by atoms with Crippen molar-refractivity contribution < 1.29 is 9.21 Å². The number of aryl methyl sites for hydroxylation is 2. The number of carbonyl (C=O) groups excluding carboxylic acids is 1. The molecule has 6 nitrogen and oxygen atoms in total. The van der Waals surface area contributed by atoms with Gasteiger partial charge in [-0.15, -0.1) is 10.2 Å². The fourth-order valence-electron chi connectivity index (χ4n) is 3.21. The summed E-state index contributed by atoms with van der Waals surface area (Å²) in [5, 5.41) is 12.1. The van der Waals surface area contributed by atoms with Crippen LogP contribution in [0.5, 0.6) is 0 Å². The lowest BCUT2D eigenvalue weighted by Gasteiger charge is -2.12. The number of rotatable bonds is 7. The molecule has 0 radical (unpaired) electrons. The number of hydrogen-bond donors (Lipinski definition) is 1. The van der Waals surface area contributed by atoms with Gasteiger partial charge in [0.05, 0.1) is 18.1 Å². The number of aromatic nitrogens is 3. The highest BCUT2D eigenvalue weighted by atomic mass is 32.2. The van der Waals surface area contributed by atoms with Crippen LogP contribution in [0.3, 0.4) is 0 Å². The molecular weight excluding hydrogens is 420 g/mol. The predicted molar refractivity (Wildman–Crippen MR) is 126 cm³/mol. The van der Waals surface area contributed by atoms with Crippen LogP contribution in [0.25, 0.3) is 22.5 Å². The van der Waals surface area contributed by atoms with E-state index in [1.807, 2.05) is 75.4 Å². The minimum absolute atomic E-state index is 0.123. The second kappa shape index (κ2) is 9.78. The molecule has 0 aliphatic carbocycles. The summed E-state index contributed by atoms with van der Waals surface area (Å²) in [6, 6.07) is 19.7. The molecule has 1 N–H and O–H groups in total. The molecule has 0 fully saturated rings. The third kappa shape index (κ3) is 5.23. The first-order chi connectivity index (χ1) is 15.5. The third-order valence-corrected chi connectivity index (χ3v) is 5.83. The van der Waals surface area contributed by atoms with E-state index in [9.17, 15) is 4.79 Å². The molecule has 0 bridgehead atoms. The third-order valence-electron chi connectivity index (χ3n) is 5.00. The van der Waals surface area contributed by atoms with Crippen LogP contribution in [0, 0.1) is 13.8 Å². The van der Waals surface area contributed by atoms with Crippen molar-refractivity contribution in [2.45, 2.75) is 32.0 Å². The Balaban J connectivity index is 1.55. The Morgan fingerprint density at radius 1 is 0.938 bits per heavy atom. The van der Waals surface area contributed by atoms with Gasteiger partial charge in [0.2, 0.25) is 11.1 Å². The number of thioether (sulfide) groups is 1. The van der Waals surface area contributed by atoms with E-state index in [0.29, 0.717) is 16.6 Å². The van der Waals surface area contributed by atoms with Gasteiger partial charge in [-0.1, -0.05) is 71.4 Å². The molecule has 0 unspecified atom stereocenters. The predicted octanol–water partition coefficient (Wildman–Crippen LogP) is 5.38. The van der Waals surface area contributed by atoms with Crippen LogP contribution in [0.4, 0.5) is 0 Å². The monoisotopic (exact) mass is 444 g/mol. The second-order valence-corrected chi connectivity index (χ2v) is 8.56. The first-order valence-corrected chi connectivity index (χ1v) is 11.3. The van der Waals surface area contributed by atoms with Crippen LogP contribution < -0.4 is 5.32 Å². The zero-order valence-electron chi connectivity index (χ0n) is 18.2. The molecule has 7 heteroatoms. The van der Waals surface area contributed by atoms with Gasteiger partial charge in [0.1, 0.15) is 17.1 Å². The Kier molecular flexibility index (Phi) is 6.66. The van der Waals surface area contributed by atoms with Crippen LogP contribution in [-0.2, 0) is 4.79 Å². The van der Waals surface area contributed by atoms with E-state index in [4.69, 9.17) is 9.40 Å². The van der Waals surface area contributed by atoms with Crippen LogP contribution in [0.15, 0.2) is 76.5 Å². The minimum Gasteiger partial charge on any atom is -0.467 e. The van der Waals surface area contributed by atoms with Crippen molar-refractivity contribution >= 4 is 17.7 Å². The van der Waals surface area contributed by atoms with Gasteiger partial charge in [0, 0.05) is 11.1 Å². The summed E-state index contributed by atoms with van der Waals surface area (Å²) in [6.45, 7) is 5.98. The molecule has 2 heterocycles. The Labute approximate surface area is 191 Å². The maximum Gasteiger partial charge on any atom is 0.231 e. The number of nitrogens with one attached hydrogen (secondary N) is 1. The summed E-state index contributed by atoms with van der Waals surface area (Å²) in [5.41, 5.74) is 5.72. The highest BCUT2D eigenvalue weighted by molar-refractivity contribution is 7.99. The molecule has 0 aliphatic rings. The summed E-state index contributed by atoms with van der Waals surface area (Å²) in [4.78, 5) is 17.1. The fraction of sp³-hybridized carbons (Fsp3) is 0.200. The molecule has 0 saturated heterocycles. The topological polar surface area (TPSA) is 80.9 Å². The van der Waals surface area contributed by atoms with Gasteiger partial charge in [0.15, 0.2) is 0 Å². The number of benzene rings is 2. The first kappa shape index (κ1) is 21.8. The van der Waals surface area contributed by atoms with Crippen molar-refractivity contribution in [1.29, 1.82) is 0 Å². The highest BCUT2D eigenvalue weighted by Gasteiger charge is 2.16. The molecule has 2 aromatic carbocycles. The number of nitrogens with zero attached hydrogens (tertiary/aromatic N) is 3. The zero-order valence-corrected chi connectivity index (χ0v) is 19.0. The molecule has 1 atom stereocenters. The standard InChI is InChI=1S/C25H24N4O2S/c1-16-6-10-19(11-7-16)23-24(20-12-8-17(2)9-13-20)28-29-25(27-23)32-15-22(30)26-18(3)21-5-4-14-31-21/h4-14,18H,15H2,1-3H3,(H,26,30)/t18-/m1/s1. The molecule has 2 aromatic heterocycles. The van der Waals surface area contributed by atoms with Gasteiger partial charge in [-0.2, -0.15) is 0 Å². The largest absolute Gasteiger partial charge is 0.467 e. The van der Waals surface area contributed by atoms with Crippen LogP contribution >= 0.6 is 11.8 Å². The lowest BCUT2D eigenvalue weighted by atomic mass is 10.0. The molecule has 0 saturated carbocycles. The molecule has 4 aromatic rings. The molecular formula is C25H24N4O2S. The fourth-order valence-corrected chi connectivity index (χ4v) is 3.81. The second-order valence-electron chi connectivity index (χ2n) is 7.62. The molecule has 4 rings (SSSR count). The Morgan fingerprint density at radius 3 is 2.16 bits per heavy atom. The minimum atomic E-state index is -0.204. The van der Waals surface area contributed by atoms with Crippen molar-refractivity contribution in [2.75, 3.05) is 5.75 Å². The summed E-state index contributed by atoms with van der Waals surface area (Å²) < 4.78 is 5.34. The van der Waals surface area contributed by atoms with E-state index < -0.39 is 0 Å². The summed E-state index contributed by atoms with van der Waals surface area (Å²) in [5.74, 6) is 0.775. The maximum atomic E-state index is 12.4. The molecule has 1 amide bonds. The number of hydrogen-bond acceptors (Lipinski definition) is 6. The van der Waals surface area contributed by atoms with Crippen LogP contribution in [0.2, 0.25) is 0 Å². The van der Waals surface area contributed by atoms with Gasteiger partial charge in [0.25, 0.3) is 0 Å². The van der Waals surface area contributed by atoms with E-state index in [1.54, 1.807) is 12.3 Å². The lowest BCUT2D eigenvalue weighted by molar-refractivity contribution is -0.119. The van der Waals surface area contributed by atoms with E-state index in [-0.39, 0.29) is 17.7 Å². The Morgan fingerprint density at radius 2 is 1.56 bits per heavy atom. The smallest absolute Gasteiger partial charge is 0.231 e. The Hall–Kier alpha value is -3.45. The van der Waals surface area contributed by atoms with Crippen molar-refractivity contribution in [1.82, 2.24) is 20.5 Å². The van der Waals surface area contributed by atoms with Gasteiger partial charge in [-0.05, 0) is 32.9 Å². The average Bonchev–Trinajstić information content (AvgIpc) is 3.34. The summed E-state index contributed by atoms with van der Waals surface area (Å²) in [6.07, 6.45) is 1.59. The molecule has 0 spiro atoms.